The maximum atomic E-state index is 12.6. The summed E-state index contributed by atoms with van der Waals surface area (Å²) in [5, 5.41) is 4.15. The van der Waals surface area contributed by atoms with Gasteiger partial charge in [-0.25, -0.2) is 28.1 Å². The van der Waals surface area contributed by atoms with Gasteiger partial charge in [-0.2, -0.15) is 5.10 Å². The first-order valence-corrected chi connectivity index (χ1v) is 9.17. The van der Waals surface area contributed by atoms with Crippen LogP contribution in [0.3, 0.4) is 0 Å². The van der Waals surface area contributed by atoms with E-state index in [-0.39, 0.29) is 11.4 Å². The fraction of sp³-hybridized carbons (Fsp3) is 0.333. The van der Waals surface area contributed by atoms with E-state index in [1.54, 1.807) is 61.0 Å². The summed E-state index contributed by atoms with van der Waals surface area (Å²) >= 11 is 0. The summed E-state index contributed by atoms with van der Waals surface area (Å²) in [5.41, 5.74) is 1.08. The fourth-order valence-corrected chi connectivity index (χ4v) is 4.08. The van der Waals surface area contributed by atoms with E-state index in [1.165, 1.54) is 0 Å². The molecule has 132 valence electrons. The van der Waals surface area contributed by atoms with Crippen molar-refractivity contribution in [1.29, 1.82) is 0 Å². The van der Waals surface area contributed by atoms with Gasteiger partial charge in [-0.3, -0.25) is 4.68 Å². The van der Waals surface area contributed by atoms with Gasteiger partial charge in [-0.1, -0.05) is 0 Å². The lowest BCUT2D eigenvalue weighted by Crippen LogP contribution is -2.28. The highest BCUT2D eigenvalue weighted by atomic mass is 32.2. The molecule has 3 heterocycles. The van der Waals surface area contributed by atoms with Gasteiger partial charge in [-0.05, 0) is 19.9 Å². The average molecular weight is 361 g/mol. The highest BCUT2D eigenvalue weighted by Gasteiger charge is 2.23. The number of sulfonamides is 1. The van der Waals surface area contributed by atoms with Crippen LogP contribution in [0.15, 0.2) is 35.7 Å². The smallest absolute Gasteiger partial charge is 0.244 e. The molecule has 0 spiro atoms. The Labute approximate surface area is 145 Å². The van der Waals surface area contributed by atoms with Crippen molar-refractivity contribution >= 4 is 10.0 Å². The predicted octanol–water partition coefficient (Wildman–Crippen LogP) is 0.669. The first kappa shape index (κ1) is 17.2. The lowest BCUT2D eigenvalue weighted by atomic mass is 10.4. The molecule has 0 radical (unpaired) electrons. The van der Waals surface area contributed by atoms with Gasteiger partial charge in [0.2, 0.25) is 10.0 Å². The number of imidazole rings is 1. The number of aryl methyl sites for hydroxylation is 2. The van der Waals surface area contributed by atoms with Crippen molar-refractivity contribution in [2.24, 2.45) is 7.05 Å². The molecule has 0 fully saturated rings. The van der Waals surface area contributed by atoms with Crippen LogP contribution in [0.5, 0.6) is 0 Å². The molecule has 9 nitrogen and oxygen atoms in total. The van der Waals surface area contributed by atoms with E-state index >= 15 is 0 Å². The largest absolute Gasteiger partial charge is 0.327 e. The van der Waals surface area contributed by atoms with Gasteiger partial charge in [-0.15, -0.1) is 0 Å². The fourth-order valence-electron chi connectivity index (χ4n) is 2.63. The molecule has 25 heavy (non-hydrogen) atoms. The molecule has 3 aromatic heterocycles. The van der Waals surface area contributed by atoms with E-state index in [4.69, 9.17) is 0 Å². The Morgan fingerprint density at radius 3 is 2.48 bits per heavy atom. The predicted molar refractivity (Wildman–Crippen MR) is 91.1 cm³/mol. The normalized spacial score (nSPS) is 11.8. The monoisotopic (exact) mass is 361 g/mol. The summed E-state index contributed by atoms with van der Waals surface area (Å²) in [5.74, 6) is 1.09. The Bertz CT molecular complexity index is 977. The van der Waals surface area contributed by atoms with E-state index < -0.39 is 10.0 Å². The van der Waals surface area contributed by atoms with Gasteiger partial charge in [0.1, 0.15) is 4.90 Å². The third-order valence-corrected chi connectivity index (χ3v) is 5.55. The SMILES string of the molecule is Cc1nn(C)c(C)c1S(=O)(=O)NCCn1ccnc1-c1ncccn1. The molecule has 0 aliphatic carbocycles. The zero-order valence-electron chi connectivity index (χ0n) is 14.2. The van der Waals surface area contributed by atoms with Crippen molar-refractivity contribution < 1.29 is 8.42 Å². The number of rotatable bonds is 6. The lowest BCUT2D eigenvalue weighted by molar-refractivity contribution is 0.571. The van der Waals surface area contributed by atoms with Gasteiger partial charge in [0, 0.05) is 44.9 Å². The molecular formula is C15H19N7O2S. The number of hydrogen-bond donors (Lipinski definition) is 1. The van der Waals surface area contributed by atoms with E-state index in [0.29, 0.717) is 29.6 Å². The van der Waals surface area contributed by atoms with Crippen LogP contribution >= 0.6 is 0 Å². The molecule has 0 aromatic carbocycles. The van der Waals surface area contributed by atoms with Crippen molar-refractivity contribution in [2.45, 2.75) is 25.3 Å². The van der Waals surface area contributed by atoms with Crippen LogP contribution in [0.4, 0.5) is 0 Å². The lowest BCUT2D eigenvalue weighted by Gasteiger charge is -2.09. The Hall–Kier alpha value is -2.59. The molecule has 3 rings (SSSR count). The molecular weight excluding hydrogens is 342 g/mol. The molecule has 3 aromatic rings. The van der Waals surface area contributed by atoms with Gasteiger partial charge in [0.15, 0.2) is 11.6 Å². The molecule has 0 atom stereocenters. The quantitative estimate of drug-likeness (QED) is 0.691. The number of nitrogens with zero attached hydrogens (tertiary/aromatic N) is 6. The van der Waals surface area contributed by atoms with Crippen LogP contribution < -0.4 is 4.72 Å². The van der Waals surface area contributed by atoms with E-state index in [9.17, 15) is 8.42 Å². The second kappa shape index (κ2) is 6.73. The summed E-state index contributed by atoms with van der Waals surface area (Å²) in [7, 11) is -1.91. The first-order chi connectivity index (χ1) is 11.9. The number of nitrogens with one attached hydrogen (secondary N) is 1. The van der Waals surface area contributed by atoms with Crippen LogP contribution in [0.2, 0.25) is 0 Å². The average Bonchev–Trinajstić information content (AvgIpc) is 3.13. The van der Waals surface area contributed by atoms with Crippen LogP contribution in [0, 0.1) is 13.8 Å². The van der Waals surface area contributed by atoms with Crippen molar-refractivity contribution in [2.75, 3.05) is 6.54 Å². The molecule has 0 bridgehead atoms. The van der Waals surface area contributed by atoms with Crippen LogP contribution in [0.25, 0.3) is 11.6 Å². The van der Waals surface area contributed by atoms with Crippen LogP contribution in [0.1, 0.15) is 11.4 Å². The highest BCUT2D eigenvalue weighted by molar-refractivity contribution is 7.89. The molecule has 0 saturated carbocycles. The summed E-state index contributed by atoms with van der Waals surface area (Å²) in [4.78, 5) is 12.8. The van der Waals surface area contributed by atoms with Crippen molar-refractivity contribution in [3.63, 3.8) is 0 Å². The number of hydrogen-bond acceptors (Lipinski definition) is 6. The van der Waals surface area contributed by atoms with E-state index in [1.807, 2.05) is 0 Å². The Morgan fingerprint density at radius 2 is 1.84 bits per heavy atom. The maximum Gasteiger partial charge on any atom is 0.244 e. The second-order valence-electron chi connectivity index (χ2n) is 5.54. The topological polar surface area (TPSA) is 108 Å². The third kappa shape index (κ3) is 3.44. The molecule has 0 aliphatic heterocycles. The molecule has 10 heteroatoms. The van der Waals surface area contributed by atoms with Gasteiger partial charge < -0.3 is 4.57 Å². The van der Waals surface area contributed by atoms with Gasteiger partial charge in [0.05, 0.1) is 11.4 Å². The molecule has 0 unspecified atom stereocenters. The molecule has 0 saturated heterocycles. The minimum absolute atomic E-state index is 0.215. The van der Waals surface area contributed by atoms with Gasteiger partial charge in [0.25, 0.3) is 0 Å². The molecule has 0 aliphatic rings. The minimum Gasteiger partial charge on any atom is -0.327 e. The second-order valence-corrected chi connectivity index (χ2v) is 7.24. The van der Waals surface area contributed by atoms with E-state index in [2.05, 4.69) is 24.8 Å². The van der Waals surface area contributed by atoms with Crippen LogP contribution in [-0.4, -0.2) is 44.3 Å². The highest BCUT2D eigenvalue weighted by Crippen LogP contribution is 2.18. The van der Waals surface area contributed by atoms with Gasteiger partial charge >= 0.3 is 0 Å². The Morgan fingerprint density at radius 1 is 1.12 bits per heavy atom. The zero-order chi connectivity index (χ0) is 18.0. The van der Waals surface area contributed by atoms with Crippen molar-refractivity contribution in [1.82, 2.24) is 34.0 Å². The van der Waals surface area contributed by atoms with Crippen LogP contribution in [-0.2, 0) is 23.6 Å². The third-order valence-electron chi connectivity index (χ3n) is 3.84. The Kier molecular flexibility index (Phi) is 4.64. The van der Waals surface area contributed by atoms with Crippen molar-refractivity contribution in [3.8, 4) is 11.6 Å². The summed E-state index contributed by atoms with van der Waals surface area (Å²) in [6, 6.07) is 1.73. The first-order valence-electron chi connectivity index (χ1n) is 7.68. The van der Waals surface area contributed by atoms with E-state index in [0.717, 1.165) is 0 Å². The zero-order valence-corrected chi connectivity index (χ0v) is 15.0. The minimum atomic E-state index is -3.63. The Balaban J connectivity index is 1.73. The summed E-state index contributed by atoms with van der Waals surface area (Å²) in [6.07, 6.45) is 6.67. The molecule has 0 amide bonds. The summed E-state index contributed by atoms with van der Waals surface area (Å²) < 4.78 is 31.1. The maximum absolute atomic E-state index is 12.6. The molecule has 1 N–H and O–H groups in total. The number of aromatic nitrogens is 6. The summed E-state index contributed by atoms with van der Waals surface area (Å²) in [6.45, 7) is 4.04. The standard InChI is InChI=1S/C15H19N7O2S/c1-11-13(12(2)21(3)20-11)25(23,24)19-8-10-22-9-7-18-15(22)14-16-5-4-6-17-14/h4-7,9,19H,8,10H2,1-3H3. The van der Waals surface area contributed by atoms with Crippen molar-refractivity contribution in [3.05, 3.63) is 42.2 Å².